The van der Waals surface area contributed by atoms with Crippen molar-refractivity contribution in [2.75, 3.05) is 44.8 Å². The molecule has 0 saturated carbocycles. The first-order valence-electron chi connectivity index (χ1n) is 15.1. The fourth-order valence-electron chi connectivity index (χ4n) is 5.19. The topological polar surface area (TPSA) is 95.5 Å². The number of amides is 2. The molecule has 232 valence electrons. The van der Waals surface area contributed by atoms with Gasteiger partial charge in [-0.05, 0) is 72.1 Å². The second kappa shape index (κ2) is 15.5. The van der Waals surface area contributed by atoms with Gasteiger partial charge in [-0.15, -0.1) is 0 Å². The summed E-state index contributed by atoms with van der Waals surface area (Å²) < 4.78 is 11.1. The molecule has 0 aromatic heterocycles. The van der Waals surface area contributed by atoms with Gasteiger partial charge in [0.05, 0.1) is 25.1 Å². The van der Waals surface area contributed by atoms with Gasteiger partial charge in [0.1, 0.15) is 11.5 Å². The Labute approximate surface area is 264 Å². The van der Waals surface area contributed by atoms with E-state index in [0.717, 1.165) is 60.9 Å². The molecule has 4 aromatic rings. The first-order valence-corrected chi connectivity index (χ1v) is 15.1. The SMILES string of the molecule is COc1ccccc1N1CCN(Cc2ccc(C(=O)N/N=C\c3ccc(OCC(=O)N[C@@H](C)c4ccccc4)cc3)cc2)CC1. The van der Waals surface area contributed by atoms with E-state index in [1.807, 2.05) is 79.7 Å². The standard InChI is InChI=1S/C36H39N5O4/c1-27(30-8-4-3-5-9-30)38-35(42)26-45-32-18-14-28(15-19-32)24-37-39-36(43)31-16-12-29(13-17-31)25-40-20-22-41(23-21-40)33-10-6-7-11-34(33)44-2/h3-19,24,27H,20-23,25-26H2,1-2H3,(H,38,42)(H,39,43)/b37-24-/t27-/m0/s1. The Morgan fingerprint density at radius 2 is 1.56 bits per heavy atom. The van der Waals surface area contributed by atoms with Crippen LogP contribution in [-0.2, 0) is 11.3 Å². The van der Waals surface area contributed by atoms with Gasteiger partial charge in [0.15, 0.2) is 6.61 Å². The fourth-order valence-corrected chi connectivity index (χ4v) is 5.19. The lowest BCUT2D eigenvalue weighted by Gasteiger charge is -2.36. The summed E-state index contributed by atoms with van der Waals surface area (Å²) in [6, 6.07) is 32.6. The molecule has 0 aliphatic carbocycles. The molecule has 1 heterocycles. The highest BCUT2D eigenvalue weighted by Crippen LogP contribution is 2.28. The number of nitrogens with zero attached hydrogens (tertiary/aromatic N) is 3. The lowest BCUT2D eigenvalue weighted by molar-refractivity contribution is -0.123. The molecule has 45 heavy (non-hydrogen) atoms. The third kappa shape index (κ3) is 8.93. The van der Waals surface area contributed by atoms with Gasteiger partial charge >= 0.3 is 0 Å². The Hall–Kier alpha value is -5.15. The number of carbonyl (C=O) groups excluding carboxylic acids is 2. The van der Waals surface area contributed by atoms with Crippen molar-refractivity contribution < 1.29 is 19.1 Å². The van der Waals surface area contributed by atoms with Crippen molar-refractivity contribution in [1.82, 2.24) is 15.6 Å². The maximum atomic E-state index is 12.6. The maximum absolute atomic E-state index is 12.6. The lowest BCUT2D eigenvalue weighted by Crippen LogP contribution is -2.46. The van der Waals surface area contributed by atoms with Gasteiger partial charge in [0.2, 0.25) is 0 Å². The zero-order valence-corrected chi connectivity index (χ0v) is 25.7. The van der Waals surface area contributed by atoms with E-state index in [-0.39, 0.29) is 24.5 Å². The van der Waals surface area contributed by atoms with Gasteiger partial charge in [-0.2, -0.15) is 5.10 Å². The Balaban J connectivity index is 1.02. The Morgan fingerprint density at radius 3 is 2.27 bits per heavy atom. The van der Waals surface area contributed by atoms with Gasteiger partial charge in [-0.1, -0.05) is 54.6 Å². The molecule has 2 N–H and O–H groups in total. The Bertz CT molecular complexity index is 1570. The van der Waals surface area contributed by atoms with Crippen LogP contribution in [0.1, 0.15) is 40.0 Å². The minimum Gasteiger partial charge on any atom is -0.495 e. The van der Waals surface area contributed by atoms with Crippen LogP contribution in [0.3, 0.4) is 0 Å². The summed E-state index contributed by atoms with van der Waals surface area (Å²) in [6.45, 7) is 6.44. The number of nitrogens with one attached hydrogen (secondary N) is 2. The number of para-hydroxylation sites is 2. The number of carbonyl (C=O) groups is 2. The van der Waals surface area contributed by atoms with E-state index in [2.05, 4.69) is 31.7 Å². The number of ether oxygens (including phenoxy) is 2. The monoisotopic (exact) mass is 605 g/mol. The smallest absolute Gasteiger partial charge is 0.271 e. The highest BCUT2D eigenvalue weighted by atomic mass is 16.5. The molecule has 5 rings (SSSR count). The number of hydrazone groups is 1. The summed E-state index contributed by atoms with van der Waals surface area (Å²) in [6.07, 6.45) is 1.56. The molecule has 0 bridgehead atoms. The molecule has 1 aliphatic rings. The summed E-state index contributed by atoms with van der Waals surface area (Å²) in [5, 5.41) is 7.02. The fraction of sp³-hybridized carbons (Fsp3) is 0.250. The number of rotatable bonds is 12. The van der Waals surface area contributed by atoms with E-state index in [9.17, 15) is 9.59 Å². The molecule has 4 aromatic carbocycles. The summed E-state index contributed by atoms with van der Waals surface area (Å²) in [7, 11) is 1.71. The van der Waals surface area contributed by atoms with Crippen molar-refractivity contribution in [3.05, 3.63) is 125 Å². The van der Waals surface area contributed by atoms with Crippen LogP contribution in [0.25, 0.3) is 0 Å². The van der Waals surface area contributed by atoms with E-state index in [4.69, 9.17) is 9.47 Å². The summed E-state index contributed by atoms with van der Waals surface area (Å²) in [5.41, 5.74) is 7.23. The van der Waals surface area contributed by atoms with Crippen molar-refractivity contribution in [2.24, 2.45) is 5.10 Å². The van der Waals surface area contributed by atoms with Crippen LogP contribution in [0.15, 0.2) is 108 Å². The molecule has 0 radical (unpaired) electrons. The Morgan fingerprint density at radius 1 is 0.867 bits per heavy atom. The zero-order chi connectivity index (χ0) is 31.4. The highest BCUT2D eigenvalue weighted by molar-refractivity contribution is 5.94. The second-order valence-electron chi connectivity index (χ2n) is 10.9. The third-order valence-corrected chi connectivity index (χ3v) is 7.73. The van der Waals surface area contributed by atoms with Crippen LogP contribution in [0.5, 0.6) is 11.5 Å². The van der Waals surface area contributed by atoms with E-state index < -0.39 is 0 Å². The molecular formula is C36H39N5O4. The van der Waals surface area contributed by atoms with Gasteiger partial charge in [-0.25, -0.2) is 5.43 Å². The lowest BCUT2D eigenvalue weighted by atomic mass is 10.1. The van der Waals surface area contributed by atoms with Crippen molar-refractivity contribution in [3.63, 3.8) is 0 Å². The minimum absolute atomic E-state index is 0.0833. The molecule has 1 atom stereocenters. The zero-order valence-electron chi connectivity index (χ0n) is 25.7. The van der Waals surface area contributed by atoms with E-state index in [1.54, 1.807) is 37.6 Å². The first-order chi connectivity index (χ1) is 22.0. The normalized spacial score (nSPS) is 14.1. The van der Waals surface area contributed by atoms with E-state index in [1.165, 1.54) is 0 Å². The molecule has 1 aliphatic heterocycles. The molecule has 9 heteroatoms. The first kappa shape index (κ1) is 31.3. The number of piperazine rings is 1. The van der Waals surface area contributed by atoms with Crippen LogP contribution in [0, 0.1) is 0 Å². The van der Waals surface area contributed by atoms with Crippen LogP contribution in [-0.4, -0.2) is 62.8 Å². The summed E-state index contributed by atoms with van der Waals surface area (Å²) in [5.74, 6) is 0.992. The van der Waals surface area contributed by atoms with Crippen LogP contribution < -0.4 is 25.1 Å². The predicted molar refractivity (Wildman–Crippen MR) is 177 cm³/mol. The number of anilines is 1. The largest absolute Gasteiger partial charge is 0.495 e. The number of methoxy groups -OCH3 is 1. The van der Waals surface area contributed by atoms with Gasteiger partial charge in [0.25, 0.3) is 11.8 Å². The molecule has 0 unspecified atom stereocenters. The molecule has 1 fully saturated rings. The second-order valence-corrected chi connectivity index (χ2v) is 10.9. The average Bonchev–Trinajstić information content (AvgIpc) is 3.09. The van der Waals surface area contributed by atoms with Gasteiger partial charge < -0.3 is 19.7 Å². The van der Waals surface area contributed by atoms with Crippen molar-refractivity contribution in [2.45, 2.75) is 19.5 Å². The molecule has 9 nitrogen and oxygen atoms in total. The Kier molecular flexibility index (Phi) is 10.8. The predicted octanol–water partition coefficient (Wildman–Crippen LogP) is 5.04. The van der Waals surface area contributed by atoms with E-state index >= 15 is 0 Å². The molecule has 2 amide bonds. The molecular weight excluding hydrogens is 566 g/mol. The summed E-state index contributed by atoms with van der Waals surface area (Å²) >= 11 is 0. The number of benzene rings is 4. The van der Waals surface area contributed by atoms with Crippen molar-refractivity contribution >= 4 is 23.7 Å². The van der Waals surface area contributed by atoms with Gasteiger partial charge in [-0.3, -0.25) is 14.5 Å². The van der Waals surface area contributed by atoms with E-state index in [0.29, 0.717) is 11.3 Å². The molecule has 1 saturated heterocycles. The minimum atomic E-state index is -0.279. The number of hydrogen-bond acceptors (Lipinski definition) is 7. The van der Waals surface area contributed by atoms with Crippen molar-refractivity contribution in [3.8, 4) is 11.5 Å². The summed E-state index contributed by atoms with van der Waals surface area (Å²) in [4.78, 5) is 29.7. The number of hydrogen-bond donors (Lipinski definition) is 2. The van der Waals surface area contributed by atoms with Crippen LogP contribution >= 0.6 is 0 Å². The van der Waals surface area contributed by atoms with Crippen LogP contribution in [0.4, 0.5) is 5.69 Å². The quantitative estimate of drug-likeness (QED) is 0.174. The van der Waals surface area contributed by atoms with Crippen molar-refractivity contribution in [1.29, 1.82) is 0 Å². The maximum Gasteiger partial charge on any atom is 0.271 e. The average molecular weight is 606 g/mol. The highest BCUT2D eigenvalue weighted by Gasteiger charge is 2.19. The third-order valence-electron chi connectivity index (χ3n) is 7.73. The van der Waals surface area contributed by atoms with Crippen LogP contribution in [0.2, 0.25) is 0 Å². The van der Waals surface area contributed by atoms with Gasteiger partial charge in [0, 0.05) is 38.3 Å². The molecule has 0 spiro atoms.